The van der Waals surface area contributed by atoms with Crippen molar-refractivity contribution in [3.63, 3.8) is 0 Å². The van der Waals surface area contributed by atoms with Crippen LogP contribution in [0.2, 0.25) is 0 Å². The lowest BCUT2D eigenvalue weighted by Crippen LogP contribution is -2.11. The second-order valence-electron chi connectivity index (χ2n) is 2.88. The molecule has 2 aromatic rings. The number of benzene rings is 1. The number of rotatable bonds is 3. The molecule has 0 bridgehead atoms. The molecule has 0 saturated carbocycles. The molecule has 1 aromatic carbocycles. The van der Waals surface area contributed by atoms with Crippen molar-refractivity contribution in [1.29, 1.82) is 0 Å². The van der Waals surface area contributed by atoms with Crippen molar-refractivity contribution >= 4 is 17.2 Å². The lowest BCUT2D eigenvalue weighted by molar-refractivity contribution is -0.109. The molecule has 0 aliphatic rings. The highest BCUT2D eigenvalue weighted by atomic mass is 16.1. The van der Waals surface area contributed by atoms with Crippen LogP contribution in [0.25, 0.3) is 10.8 Å². The van der Waals surface area contributed by atoms with E-state index in [0.717, 1.165) is 16.5 Å². The number of carbonyl (C=O) groups is 1. The van der Waals surface area contributed by atoms with Gasteiger partial charge in [0, 0.05) is 10.8 Å². The number of amides is 1. The number of fused-ring (bicyclic) bond motifs is 1. The summed E-state index contributed by atoms with van der Waals surface area (Å²) in [6, 6.07) is 7.82. The quantitative estimate of drug-likeness (QED) is 0.725. The first kappa shape index (κ1) is 8.62. The van der Waals surface area contributed by atoms with Crippen molar-refractivity contribution in [1.82, 2.24) is 15.5 Å². The highest BCUT2D eigenvalue weighted by molar-refractivity contribution is 5.83. The lowest BCUT2D eigenvalue weighted by atomic mass is 10.1. The molecule has 0 saturated heterocycles. The van der Waals surface area contributed by atoms with Gasteiger partial charge in [-0.2, -0.15) is 10.2 Å². The summed E-state index contributed by atoms with van der Waals surface area (Å²) in [7, 11) is 0. The highest BCUT2D eigenvalue weighted by Crippen LogP contribution is 2.14. The van der Waals surface area contributed by atoms with Gasteiger partial charge in [-0.25, -0.2) is 0 Å². The van der Waals surface area contributed by atoms with Crippen LogP contribution in [0.4, 0.5) is 0 Å². The summed E-state index contributed by atoms with van der Waals surface area (Å²) >= 11 is 0. The molecule has 2 rings (SSSR count). The molecular weight excluding hydrogens is 178 g/mol. The molecule has 0 spiro atoms. The van der Waals surface area contributed by atoms with E-state index >= 15 is 0 Å². The molecule has 0 fully saturated rings. The van der Waals surface area contributed by atoms with Gasteiger partial charge in [0.05, 0.1) is 18.4 Å². The van der Waals surface area contributed by atoms with Gasteiger partial charge >= 0.3 is 0 Å². The third-order valence-corrected chi connectivity index (χ3v) is 2.00. The Morgan fingerprint density at radius 1 is 1.36 bits per heavy atom. The molecule has 0 atom stereocenters. The van der Waals surface area contributed by atoms with Crippen molar-refractivity contribution in [3.8, 4) is 0 Å². The van der Waals surface area contributed by atoms with E-state index in [1.807, 2.05) is 24.3 Å². The van der Waals surface area contributed by atoms with Crippen LogP contribution >= 0.6 is 0 Å². The fourth-order valence-electron chi connectivity index (χ4n) is 1.36. The summed E-state index contributed by atoms with van der Waals surface area (Å²) in [5.41, 5.74) is 0.787. The molecule has 0 radical (unpaired) electrons. The van der Waals surface area contributed by atoms with E-state index in [-0.39, 0.29) is 0 Å². The van der Waals surface area contributed by atoms with E-state index in [0.29, 0.717) is 13.0 Å². The second kappa shape index (κ2) is 3.83. The molecular formula is C10H9N3O. The Morgan fingerprint density at radius 3 is 3.07 bits per heavy atom. The van der Waals surface area contributed by atoms with Crippen molar-refractivity contribution in [2.24, 2.45) is 0 Å². The van der Waals surface area contributed by atoms with Crippen molar-refractivity contribution in [2.75, 3.05) is 0 Å². The van der Waals surface area contributed by atoms with Crippen LogP contribution in [0.15, 0.2) is 30.5 Å². The molecule has 0 aliphatic heterocycles. The normalized spacial score (nSPS) is 10.0. The zero-order chi connectivity index (χ0) is 9.80. The van der Waals surface area contributed by atoms with Gasteiger partial charge in [0.1, 0.15) is 0 Å². The monoisotopic (exact) mass is 187 g/mol. The van der Waals surface area contributed by atoms with Gasteiger partial charge in [-0.15, -0.1) is 0 Å². The van der Waals surface area contributed by atoms with Crippen LogP contribution < -0.4 is 5.32 Å². The molecule has 1 amide bonds. The van der Waals surface area contributed by atoms with E-state index in [1.165, 1.54) is 0 Å². The number of hydrogen-bond donors (Lipinski definition) is 1. The zero-order valence-corrected chi connectivity index (χ0v) is 7.47. The number of nitrogens with one attached hydrogen (secondary N) is 1. The SMILES string of the molecule is O=CNCc1nncc2ccccc12. The fourth-order valence-corrected chi connectivity index (χ4v) is 1.36. The molecule has 14 heavy (non-hydrogen) atoms. The van der Waals surface area contributed by atoms with E-state index in [4.69, 9.17) is 0 Å². The first-order valence-corrected chi connectivity index (χ1v) is 4.28. The molecule has 0 aliphatic carbocycles. The van der Waals surface area contributed by atoms with Gasteiger partial charge in [0.15, 0.2) is 0 Å². The molecule has 4 heteroatoms. The number of aromatic nitrogens is 2. The second-order valence-corrected chi connectivity index (χ2v) is 2.88. The lowest BCUT2D eigenvalue weighted by Gasteiger charge is -2.02. The fraction of sp³-hybridized carbons (Fsp3) is 0.100. The van der Waals surface area contributed by atoms with Gasteiger partial charge < -0.3 is 5.32 Å². The van der Waals surface area contributed by atoms with Gasteiger partial charge in [0.25, 0.3) is 0 Å². The van der Waals surface area contributed by atoms with Gasteiger partial charge in [-0.05, 0) is 0 Å². The molecule has 0 unspecified atom stereocenters. The maximum Gasteiger partial charge on any atom is 0.207 e. The standard InChI is InChI=1S/C10H9N3O/c14-7-11-6-10-9-4-2-1-3-8(9)5-12-13-10/h1-5,7H,6H2,(H,11,14). The number of nitrogens with zero attached hydrogens (tertiary/aromatic N) is 2. The Bertz CT molecular complexity index is 451. The molecule has 4 nitrogen and oxygen atoms in total. The Balaban J connectivity index is 2.48. The summed E-state index contributed by atoms with van der Waals surface area (Å²) in [4.78, 5) is 10.2. The maximum absolute atomic E-state index is 10.2. The minimum Gasteiger partial charge on any atom is -0.353 e. The Morgan fingerprint density at radius 2 is 2.21 bits per heavy atom. The van der Waals surface area contributed by atoms with Gasteiger partial charge in [-0.1, -0.05) is 24.3 Å². The maximum atomic E-state index is 10.2. The molecule has 70 valence electrons. The van der Waals surface area contributed by atoms with E-state index in [1.54, 1.807) is 6.20 Å². The zero-order valence-electron chi connectivity index (χ0n) is 7.47. The van der Waals surface area contributed by atoms with E-state index in [9.17, 15) is 4.79 Å². The van der Waals surface area contributed by atoms with Gasteiger partial charge in [0.2, 0.25) is 6.41 Å². The predicted molar refractivity (Wildman–Crippen MR) is 52.4 cm³/mol. The van der Waals surface area contributed by atoms with Crippen molar-refractivity contribution in [2.45, 2.75) is 6.54 Å². The van der Waals surface area contributed by atoms with Crippen molar-refractivity contribution < 1.29 is 4.79 Å². The summed E-state index contributed by atoms with van der Waals surface area (Å²) in [5, 5.41) is 12.5. The Labute approximate surface area is 81.0 Å². The average molecular weight is 187 g/mol. The first-order chi connectivity index (χ1) is 6.92. The van der Waals surface area contributed by atoms with Crippen LogP contribution in [-0.4, -0.2) is 16.6 Å². The van der Waals surface area contributed by atoms with E-state index < -0.39 is 0 Å². The Kier molecular flexibility index (Phi) is 2.36. The molecule has 1 aromatic heterocycles. The van der Waals surface area contributed by atoms with Crippen LogP contribution in [0, 0.1) is 0 Å². The summed E-state index contributed by atoms with van der Waals surface area (Å²) in [5.74, 6) is 0. The first-order valence-electron chi connectivity index (χ1n) is 4.28. The van der Waals surface area contributed by atoms with E-state index in [2.05, 4.69) is 15.5 Å². The van der Waals surface area contributed by atoms with Crippen LogP contribution in [0.5, 0.6) is 0 Å². The third kappa shape index (κ3) is 1.54. The number of carbonyl (C=O) groups excluding carboxylic acids is 1. The summed E-state index contributed by atoms with van der Waals surface area (Å²) in [6.45, 7) is 0.415. The van der Waals surface area contributed by atoms with Gasteiger partial charge in [-0.3, -0.25) is 4.79 Å². The highest BCUT2D eigenvalue weighted by Gasteiger charge is 2.00. The molecule has 1 heterocycles. The summed E-state index contributed by atoms with van der Waals surface area (Å²) < 4.78 is 0. The predicted octanol–water partition coefficient (Wildman–Crippen LogP) is 0.876. The van der Waals surface area contributed by atoms with Crippen LogP contribution in [0.1, 0.15) is 5.69 Å². The minimum absolute atomic E-state index is 0.415. The largest absolute Gasteiger partial charge is 0.353 e. The smallest absolute Gasteiger partial charge is 0.207 e. The number of hydrogen-bond acceptors (Lipinski definition) is 3. The van der Waals surface area contributed by atoms with Crippen LogP contribution in [0.3, 0.4) is 0 Å². The summed E-state index contributed by atoms with van der Waals surface area (Å²) in [6.07, 6.45) is 2.36. The minimum atomic E-state index is 0.415. The van der Waals surface area contributed by atoms with Crippen molar-refractivity contribution in [3.05, 3.63) is 36.2 Å². The Hall–Kier alpha value is -1.97. The van der Waals surface area contributed by atoms with Crippen LogP contribution in [-0.2, 0) is 11.3 Å². The average Bonchev–Trinajstić information content (AvgIpc) is 2.26. The topological polar surface area (TPSA) is 54.9 Å². The molecule has 1 N–H and O–H groups in total. The third-order valence-electron chi connectivity index (χ3n) is 2.00.